The van der Waals surface area contributed by atoms with E-state index in [0.717, 1.165) is 47.8 Å². The molecule has 0 aliphatic rings. The largest absolute Gasteiger partial charge is 0.494 e. The first kappa shape index (κ1) is 27.2. The van der Waals surface area contributed by atoms with Gasteiger partial charge in [-0.2, -0.15) is 0 Å². The van der Waals surface area contributed by atoms with Crippen LogP contribution in [0.2, 0.25) is 0 Å². The second-order valence-electron chi connectivity index (χ2n) is 9.72. The first-order valence-electron chi connectivity index (χ1n) is 14.0. The van der Waals surface area contributed by atoms with Gasteiger partial charge in [0.15, 0.2) is 11.6 Å². The number of hydrogen-bond donors (Lipinski definition) is 0. The Morgan fingerprint density at radius 3 is 1.89 bits per heavy atom. The lowest BCUT2D eigenvalue weighted by Gasteiger charge is -2.11. The van der Waals surface area contributed by atoms with Gasteiger partial charge in [-0.1, -0.05) is 90.9 Å². The Morgan fingerprint density at radius 1 is 0.657 bits per heavy atom. The SMILES string of the molecule is CCCCCCCCCCOc1ccc2c(cnc3c(F)c(OCCCCCCCC)ccc32)c1. The fourth-order valence-electron chi connectivity index (χ4n) is 4.61. The van der Waals surface area contributed by atoms with Gasteiger partial charge in [-0.25, -0.2) is 4.39 Å². The lowest BCUT2D eigenvalue weighted by atomic mass is 10.1. The van der Waals surface area contributed by atoms with Crippen molar-refractivity contribution in [2.75, 3.05) is 13.2 Å². The van der Waals surface area contributed by atoms with E-state index in [1.54, 1.807) is 12.3 Å². The number of aromatic nitrogens is 1. The average Bonchev–Trinajstić information content (AvgIpc) is 2.88. The van der Waals surface area contributed by atoms with Gasteiger partial charge in [0.25, 0.3) is 0 Å². The van der Waals surface area contributed by atoms with Gasteiger partial charge < -0.3 is 9.47 Å². The topological polar surface area (TPSA) is 31.4 Å². The van der Waals surface area contributed by atoms with E-state index in [1.807, 2.05) is 24.3 Å². The molecular formula is C31H44FNO2. The molecule has 2 aromatic carbocycles. The Balaban J connectivity index is 1.50. The molecule has 4 heteroatoms. The number of halogens is 1. The predicted molar refractivity (Wildman–Crippen MR) is 146 cm³/mol. The Bertz CT molecular complexity index is 1020. The molecule has 0 radical (unpaired) electrons. The zero-order valence-corrected chi connectivity index (χ0v) is 21.9. The van der Waals surface area contributed by atoms with Gasteiger partial charge in [0.05, 0.1) is 13.2 Å². The fraction of sp³-hybridized carbons (Fsp3) is 0.581. The summed E-state index contributed by atoms with van der Waals surface area (Å²) in [4.78, 5) is 4.43. The van der Waals surface area contributed by atoms with Crippen molar-refractivity contribution >= 4 is 21.7 Å². The molecule has 0 N–H and O–H groups in total. The molecule has 0 spiro atoms. The Morgan fingerprint density at radius 2 is 1.23 bits per heavy atom. The van der Waals surface area contributed by atoms with E-state index in [-0.39, 0.29) is 5.82 Å². The van der Waals surface area contributed by atoms with Gasteiger partial charge >= 0.3 is 0 Å². The Labute approximate surface area is 211 Å². The second kappa shape index (κ2) is 15.6. The highest BCUT2D eigenvalue weighted by Gasteiger charge is 2.13. The van der Waals surface area contributed by atoms with Crippen LogP contribution in [0.25, 0.3) is 21.7 Å². The summed E-state index contributed by atoms with van der Waals surface area (Å²) in [5, 5.41) is 2.75. The highest BCUT2D eigenvalue weighted by atomic mass is 19.1. The minimum atomic E-state index is -0.370. The van der Waals surface area contributed by atoms with Crippen LogP contribution >= 0.6 is 0 Å². The third kappa shape index (κ3) is 8.66. The Kier molecular flexibility index (Phi) is 12.1. The van der Waals surface area contributed by atoms with Gasteiger partial charge in [0.1, 0.15) is 11.3 Å². The maximum atomic E-state index is 15.1. The zero-order chi connectivity index (χ0) is 24.7. The number of ether oxygens (including phenoxy) is 2. The lowest BCUT2D eigenvalue weighted by molar-refractivity contribution is 0.291. The van der Waals surface area contributed by atoms with Crippen molar-refractivity contribution in [1.82, 2.24) is 4.98 Å². The van der Waals surface area contributed by atoms with Crippen LogP contribution in [0.3, 0.4) is 0 Å². The number of unbranched alkanes of at least 4 members (excludes halogenated alkanes) is 12. The van der Waals surface area contributed by atoms with Crippen LogP contribution in [-0.4, -0.2) is 18.2 Å². The third-order valence-electron chi connectivity index (χ3n) is 6.75. The number of nitrogens with zero attached hydrogens (tertiary/aromatic N) is 1. The van der Waals surface area contributed by atoms with Gasteiger partial charge in [0.2, 0.25) is 0 Å². The molecule has 0 aliphatic heterocycles. The summed E-state index contributed by atoms with van der Waals surface area (Å²) in [7, 11) is 0. The molecule has 35 heavy (non-hydrogen) atoms. The smallest absolute Gasteiger partial charge is 0.191 e. The molecule has 1 aromatic heterocycles. The van der Waals surface area contributed by atoms with Crippen molar-refractivity contribution in [3.63, 3.8) is 0 Å². The molecule has 0 unspecified atom stereocenters. The molecule has 0 bridgehead atoms. The third-order valence-corrected chi connectivity index (χ3v) is 6.75. The van der Waals surface area contributed by atoms with Crippen LogP contribution in [-0.2, 0) is 0 Å². The van der Waals surface area contributed by atoms with Crippen LogP contribution < -0.4 is 9.47 Å². The summed E-state index contributed by atoms with van der Waals surface area (Å²) < 4.78 is 26.8. The molecule has 3 aromatic rings. The molecule has 1 heterocycles. The number of pyridine rings is 1. The van der Waals surface area contributed by atoms with Crippen molar-refractivity contribution in [2.45, 2.75) is 104 Å². The van der Waals surface area contributed by atoms with Crippen LogP contribution in [0.5, 0.6) is 11.5 Å². The van der Waals surface area contributed by atoms with E-state index in [2.05, 4.69) is 18.8 Å². The molecule has 0 saturated carbocycles. The predicted octanol–water partition coefficient (Wildman–Crippen LogP) is 9.79. The van der Waals surface area contributed by atoms with E-state index >= 15 is 4.39 Å². The molecule has 0 fully saturated rings. The summed E-state index contributed by atoms with van der Waals surface area (Å²) in [5.41, 5.74) is 0.366. The fourth-order valence-corrected chi connectivity index (χ4v) is 4.61. The maximum absolute atomic E-state index is 15.1. The summed E-state index contributed by atoms with van der Waals surface area (Å²) in [5.74, 6) is 0.773. The van der Waals surface area contributed by atoms with Gasteiger partial charge in [-0.05, 0) is 48.6 Å². The molecule has 3 rings (SSSR count). The lowest BCUT2D eigenvalue weighted by Crippen LogP contribution is -2.00. The van der Waals surface area contributed by atoms with Crippen molar-refractivity contribution in [2.24, 2.45) is 0 Å². The minimum Gasteiger partial charge on any atom is -0.494 e. The van der Waals surface area contributed by atoms with E-state index in [9.17, 15) is 0 Å². The van der Waals surface area contributed by atoms with E-state index in [0.29, 0.717) is 17.9 Å². The first-order valence-corrected chi connectivity index (χ1v) is 14.0. The standard InChI is InChI=1S/C31H44FNO2/c1-3-5-7-9-11-12-14-15-21-34-26-17-18-27-25(23-26)24-33-31-28(27)19-20-29(30(31)32)35-22-16-13-10-8-6-4-2/h17-20,23-24H,3-16,21-22H2,1-2H3. The molecule has 0 atom stereocenters. The van der Waals surface area contributed by atoms with E-state index in [1.165, 1.54) is 70.6 Å². The molecule has 3 nitrogen and oxygen atoms in total. The summed E-state index contributed by atoms with van der Waals surface area (Å²) in [6.45, 7) is 5.75. The number of fused-ring (bicyclic) bond motifs is 3. The van der Waals surface area contributed by atoms with Gasteiger partial charge in [0, 0.05) is 17.0 Å². The van der Waals surface area contributed by atoms with Crippen molar-refractivity contribution in [1.29, 1.82) is 0 Å². The molecule has 0 amide bonds. The van der Waals surface area contributed by atoms with E-state index in [4.69, 9.17) is 9.47 Å². The zero-order valence-electron chi connectivity index (χ0n) is 21.9. The van der Waals surface area contributed by atoms with Crippen molar-refractivity contribution in [3.8, 4) is 11.5 Å². The molecular weight excluding hydrogens is 437 g/mol. The van der Waals surface area contributed by atoms with Gasteiger partial charge in [-0.15, -0.1) is 0 Å². The molecule has 0 saturated heterocycles. The summed E-state index contributed by atoms with van der Waals surface area (Å²) >= 11 is 0. The molecule has 192 valence electrons. The van der Waals surface area contributed by atoms with Gasteiger partial charge in [-0.3, -0.25) is 4.98 Å². The summed E-state index contributed by atoms with van der Waals surface area (Å²) in [6.07, 6.45) is 19.1. The number of hydrogen-bond acceptors (Lipinski definition) is 3. The highest BCUT2D eigenvalue weighted by molar-refractivity contribution is 6.06. The summed E-state index contributed by atoms with van der Waals surface area (Å²) in [6, 6.07) is 9.66. The van der Waals surface area contributed by atoms with Crippen molar-refractivity contribution < 1.29 is 13.9 Å². The number of benzene rings is 2. The monoisotopic (exact) mass is 481 g/mol. The normalized spacial score (nSPS) is 11.4. The minimum absolute atomic E-state index is 0.295. The Hall–Kier alpha value is -2.36. The highest BCUT2D eigenvalue weighted by Crippen LogP contribution is 2.32. The van der Waals surface area contributed by atoms with Crippen LogP contribution in [0.15, 0.2) is 36.5 Å². The van der Waals surface area contributed by atoms with E-state index < -0.39 is 0 Å². The van der Waals surface area contributed by atoms with Crippen LogP contribution in [0.4, 0.5) is 4.39 Å². The average molecular weight is 482 g/mol. The quantitative estimate of drug-likeness (QED) is 0.134. The maximum Gasteiger partial charge on any atom is 0.191 e. The molecule has 0 aliphatic carbocycles. The number of rotatable bonds is 18. The second-order valence-corrected chi connectivity index (χ2v) is 9.72. The van der Waals surface area contributed by atoms with Crippen LogP contribution in [0, 0.1) is 5.82 Å². The van der Waals surface area contributed by atoms with Crippen molar-refractivity contribution in [3.05, 3.63) is 42.3 Å². The first-order chi connectivity index (χ1) is 17.2. The van der Waals surface area contributed by atoms with Crippen LogP contribution in [0.1, 0.15) is 104 Å².